The molecule has 0 bridgehead atoms. The zero-order chi connectivity index (χ0) is 16.8. The van der Waals surface area contributed by atoms with E-state index in [1.807, 2.05) is 6.07 Å². The van der Waals surface area contributed by atoms with Crippen LogP contribution in [0.4, 0.5) is 13.2 Å². The summed E-state index contributed by atoms with van der Waals surface area (Å²) in [4.78, 5) is 3.52. The number of hydrogen-bond donors (Lipinski definition) is 1. The maximum absolute atomic E-state index is 12.9. The number of hydrogen-bond acceptors (Lipinski definition) is 3. The molecular weight excluding hydrogens is 393 g/mol. The minimum absolute atomic E-state index is 0.0256. The zero-order valence-electron chi connectivity index (χ0n) is 11.3. The smallest absolute Gasteiger partial charge is 0.389 e. The molecule has 0 aliphatic heterocycles. The van der Waals surface area contributed by atoms with E-state index in [2.05, 4.69) is 26.0 Å². The molecule has 0 aliphatic rings. The second-order valence-electron chi connectivity index (χ2n) is 4.68. The lowest BCUT2D eigenvalue weighted by Crippen LogP contribution is -2.12. The van der Waals surface area contributed by atoms with Crippen LogP contribution in [0.3, 0.4) is 0 Å². The fourth-order valence-corrected chi connectivity index (χ4v) is 2.70. The van der Waals surface area contributed by atoms with Gasteiger partial charge in [-0.05, 0) is 24.3 Å². The second kappa shape index (κ2) is 5.57. The SMILES string of the molecule is NC(=S)c1ccc(-c2cccc(Br)c2)n2nc(C(F)(F)F)nc12. The van der Waals surface area contributed by atoms with Gasteiger partial charge in [-0.2, -0.15) is 13.2 Å². The average molecular weight is 401 g/mol. The molecule has 3 aromatic rings. The summed E-state index contributed by atoms with van der Waals surface area (Å²) in [7, 11) is 0. The van der Waals surface area contributed by atoms with Crippen LogP contribution in [0.25, 0.3) is 16.9 Å². The molecule has 9 heteroatoms. The molecule has 1 aromatic carbocycles. The summed E-state index contributed by atoms with van der Waals surface area (Å²) >= 11 is 8.21. The van der Waals surface area contributed by atoms with Crippen molar-refractivity contribution in [1.82, 2.24) is 14.6 Å². The van der Waals surface area contributed by atoms with Gasteiger partial charge in [0.05, 0.1) is 11.3 Å². The molecule has 118 valence electrons. The van der Waals surface area contributed by atoms with Crippen LogP contribution in [0.15, 0.2) is 40.9 Å². The summed E-state index contributed by atoms with van der Waals surface area (Å²) in [5.41, 5.74) is 6.91. The lowest BCUT2D eigenvalue weighted by atomic mass is 10.1. The molecule has 0 spiro atoms. The molecule has 0 fully saturated rings. The minimum atomic E-state index is -4.66. The van der Waals surface area contributed by atoms with E-state index in [0.29, 0.717) is 11.3 Å². The molecule has 0 radical (unpaired) electrons. The summed E-state index contributed by atoms with van der Waals surface area (Å²) in [5, 5.41) is 3.58. The Hall–Kier alpha value is -2.00. The molecular formula is C14H8BrF3N4S. The van der Waals surface area contributed by atoms with Crippen LogP contribution in [0.2, 0.25) is 0 Å². The van der Waals surface area contributed by atoms with Crippen molar-refractivity contribution in [3.05, 3.63) is 52.3 Å². The Bertz CT molecular complexity index is 920. The van der Waals surface area contributed by atoms with E-state index >= 15 is 0 Å². The Morgan fingerprint density at radius 3 is 2.57 bits per heavy atom. The molecule has 23 heavy (non-hydrogen) atoms. The van der Waals surface area contributed by atoms with E-state index in [1.165, 1.54) is 0 Å². The van der Waals surface area contributed by atoms with Crippen molar-refractivity contribution in [2.24, 2.45) is 5.73 Å². The standard InChI is InChI=1S/C14H8BrF3N4S/c15-8-3-1-2-7(6-8)10-5-4-9(11(19)23)12-20-13(14(16,17)18)21-22(10)12/h1-6H,(H2,19,23). The van der Waals surface area contributed by atoms with Crippen LogP contribution in [0, 0.1) is 0 Å². The average Bonchev–Trinajstić information content (AvgIpc) is 2.90. The van der Waals surface area contributed by atoms with Crippen LogP contribution < -0.4 is 5.73 Å². The first-order chi connectivity index (χ1) is 10.8. The number of halogens is 4. The molecule has 0 aliphatic carbocycles. The lowest BCUT2D eigenvalue weighted by molar-refractivity contribution is -0.144. The Morgan fingerprint density at radius 1 is 1.22 bits per heavy atom. The monoisotopic (exact) mass is 400 g/mol. The van der Waals surface area contributed by atoms with Crippen LogP contribution >= 0.6 is 28.1 Å². The van der Waals surface area contributed by atoms with Gasteiger partial charge in [0.25, 0.3) is 5.82 Å². The molecule has 0 amide bonds. The van der Waals surface area contributed by atoms with Gasteiger partial charge < -0.3 is 5.73 Å². The zero-order valence-corrected chi connectivity index (χ0v) is 13.7. The van der Waals surface area contributed by atoms with Gasteiger partial charge in [-0.1, -0.05) is 40.3 Å². The normalized spacial score (nSPS) is 11.8. The maximum Gasteiger partial charge on any atom is 0.453 e. The molecule has 2 aromatic heterocycles. The van der Waals surface area contributed by atoms with Crippen LogP contribution in [0.1, 0.15) is 11.4 Å². The highest BCUT2D eigenvalue weighted by atomic mass is 79.9. The number of benzene rings is 1. The molecule has 4 nitrogen and oxygen atoms in total. The fourth-order valence-electron chi connectivity index (χ4n) is 2.14. The first-order valence-corrected chi connectivity index (χ1v) is 7.50. The van der Waals surface area contributed by atoms with Gasteiger partial charge >= 0.3 is 6.18 Å². The first kappa shape index (κ1) is 15.9. The number of aromatic nitrogens is 3. The van der Waals surface area contributed by atoms with Crippen molar-refractivity contribution in [3.63, 3.8) is 0 Å². The van der Waals surface area contributed by atoms with E-state index in [0.717, 1.165) is 8.99 Å². The quantitative estimate of drug-likeness (QED) is 0.664. The Labute approximate surface area is 142 Å². The van der Waals surface area contributed by atoms with Gasteiger partial charge in [0, 0.05) is 10.0 Å². The predicted octanol–water partition coefficient (Wildman–Crippen LogP) is 3.81. The second-order valence-corrected chi connectivity index (χ2v) is 6.03. The van der Waals surface area contributed by atoms with Crippen LogP contribution in [-0.2, 0) is 6.18 Å². The van der Waals surface area contributed by atoms with Gasteiger partial charge in [0.15, 0.2) is 5.65 Å². The largest absolute Gasteiger partial charge is 0.453 e. The third-order valence-corrected chi connectivity index (χ3v) is 3.84. The van der Waals surface area contributed by atoms with Crippen molar-refractivity contribution >= 4 is 38.8 Å². The topological polar surface area (TPSA) is 56.2 Å². The highest BCUT2D eigenvalue weighted by molar-refractivity contribution is 9.10. The van der Waals surface area contributed by atoms with Crippen molar-refractivity contribution in [2.75, 3.05) is 0 Å². The van der Waals surface area contributed by atoms with E-state index in [1.54, 1.807) is 30.3 Å². The van der Waals surface area contributed by atoms with E-state index in [4.69, 9.17) is 18.0 Å². The Morgan fingerprint density at radius 2 is 1.96 bits per heavy atom. The highest BCUT2D eigenvalue weighted by Crippen LogP contribution is 2.30. The molecule has 0 atom stereocenters. The van der Waals surface area contributed by atoms with Gasteiger partial charge in [0.2, 0.25) is 0 Å². The molecule has 3 rings (SSSR count). The number of alkyl halides is 3. The van der Waals surface area contributed by atoms with E-state index in [-0.39, 0.29) is 16.2 Å². The van der Waals surface area contributed by atoms with Gasteiger partial charge in [-0.3, -0.25) is 0 Å². The third kappa shape index (κ3) is 2.93. The molecule has 2 heterocycles. The number of thiocarbonyl (C=S) groups is 1. The van der Waals surface area contributed by atoms with Crippen molar-refractivity contribution < 1.29 is 13.2 Å². The van der Waals surface area contributed by atoms with Crippen molar-refractivity contribution in [1.29, 1.82) is 0 Å². The van der Waals surface area contributed by atoms with Crippen molar-refractivity contribution in [2.45, 2.75) is 6.18 Å². The fraction of sp³-hybridized carbons (Fsp3) is 0.0714. The predicted molar refractivity (Wildman–Crippen MR) is 87.0 cm³/mol. The third-order valence-electron chi connectivity index (χ3n) is 3.12. The molecule has 0 unspecified atom stereocenters. The number of fused-ring (bicyclic) bond motifs is 1. The molecule has 0 saturated heterocycles. The Kier molecular flexibility index (Phi) is 3.85. The summed E-state index contributed by atoms with van der Waals surface area (Å²) in [6.07, 6.45) is -4.66. The van der Waals surface area contributed by atoms with E-state index in [9.17, 15) is 13.2 Å². The summed E-state index contributed by atoms with van der Waals surface area (Å²) in [6, 6.07) is 10.3. The summed E-state index contributed by atoms with van der Waals surface area (Å²) in [5.74, 6) is -1.24. The van der Waals surface area contributed by atoms with Crippen LogP contribution in [-0.4, -0.2) is 19.6 Å². The minimum Gasteiger partial charge on any atom is -0.389 e. The number of nitrogens with zero attached hydrogens (tertiary/aromatic N) is 3. The van der Waals surface area contributed by atoms with Gasteiger partial charge in [0.1, 0.15) is 4.99 Å². The maximum atomic E-state index is 12.9. The first-order valence-electron chi connectivity index (χ1n) is 6.30. The van der Waals surface area contributed by atoms with Gasteiger partial charge in [-0.25, -0.2) is 9.50 Å². The number of nitrogens with two attached hydrogens (primary N) is 1. The lowest BCUT2D eigenvalue weighted by Gasteiger charge is -2.07. The van der Waals surface area contributed by atoms with E-state index < -0.39 is 12.0 Å². The molecule has 0 saturated carbocycles. The van der Waals surface area contributed by atoms with Crippen molar-refractivity contribution in [3.8, 4) is 11.3 Å². The molecule has 2 N–H and O–H groups in total. The summed E-state index contributed by atoms with van der Waals surface area (Å²) < 4.78 is 40.7. The number of rotatable bonds is 2. The summed E-state index contributed by atoms with van der Waals surface area (Å²) in [6.45, 7) is 0. The Balaban J connectivity index is 2.34. The van der Waals surface area contributed by atoms with Crippen LogP contribution in [0.5, 0.6) is 0 Å². The number of pyridine rings is 1. The van der Waals surface area contributed by atoms with Gasteiger partial charge in [-0.15, -0.1) is 5.10 Å². The highest BCUT2D eigenvalue weighted by Gasteiger charge is 2.37.